The molecule has 0 bridgehead atoms. The molecule has 0 radical (unpaired) electrons. The average molecular weight is 308 g/mol. The Hall–Kier alpha value is -1.40. The van der Waals surface area contributed by atoms with Crippen molar-refractivity contribution in [2.75, 3.05) is 33.3 Å². The van der Waals surface area contributed by atoms with Gasteiger partial charge in [0.2, 0.25) is 5.91 Å². The van der Waals surface area contributed by atoms with Gasteiger partial charge in [0.05, 0.1) is 12.1 Å². The Morgan fingerprint density at radius 3 is 2.82 bits per heavy atom. The quantitative estimate of drug-likeness (QED) is 0.746. The van der Waals surface area contributed by atoms with E-state index < -0.39 is 0 Å². The molecule has 2 rings (SSSR count). The van der Waals surface area contributed by atoms with Crippen LogP contribution in [0.15, 0.2) is 12.4 Å². The maximum absolute atomic E-state index is 12.4. The summed E-state index contributed by atoms with van der Waals surface area (Å²) in [6.45, 7) is 7.07. The summed E-state index contributed by atoms with van der Waals surface area (Å²) in [6.07, 6.45) is 5.34. The van der Waals surface area contributed by atoms with Crippen molar-refractivity contribution in [2.24, 2.45) is 7.05 Å². The zero-order valence-electron chi connectivity index (χ0n) is 14.2. The predicted octanol–water partition coefficient (Wildman–Crippen LogP) is 1.44. The topological polar surface area (TPSA) is 50.6 Å². The molecule has 1 aromatic rings. The lowest BCUT2D eigenvalue weighted by Crippen LogP contribution is -2.49. The van der Waals surface area contributed by atoms with Crippen LogP contribution in [0.5, 0.6) is 0 Å². The van der Waals surface area contributed by atoms with Gasteiger partial charge in [0.1, 0.15) is 5.82 Å². The van der Waals surface area contributed by atoms with E-state index in [4.69, 9.17) is 4.74 Å². The Balaban J connectivity index is 1.87. The molecule has 0 N–H and O–H groups in total. The van der Waals surface area contributed by atoms with Crippen molar-refractivity contribution >= 4 is 5.91 Å². The first-order valence-electron chi connectivity index (χ1n) is 8.06. The van der Waals surface area contributed by atoms with Crippen LogP contribution >= 0.6 is 0 Å². The molecule has 22 heavy (non-hydrogen) atoms. The number of carbonyl (C=O) groups is 1. The molecule has 1 aromatic heterocycles. The zero-order valence-corrected chi connectivity index (χ0v) is 14.2. The highest BCUT2D eigenvalue weighted by atomic mass is 16.5. The van der Waals surface area contributed by atoms with Crippen LogP contribution in [-0.4, -0.2) is 64.7 Å². The van der Waals surface area contributed by atoms with Crippen LogP contribution in [0.1, 0.15) is 38.6 Å². The van der Waals surface area contributed by atoms with E-state index in [1.54, 1.807) is 0 Å². The first kappa shape index (κ1) is 17.0. The van der Waals surface area contributed by atoms with Crippen LogP contribution in [0.4, 0.5) is 0 Å². The van der Waals surface area contributed by atoms with Crippen molar-refractivity contribution in [1.82, 2.24) is 19.4 Å². The molecule has 0 aliphatic carbocycles. The Morgan fingerprint density at radius 2 is 2.18 bits per heavy atom. The van der Waals surface area contributed by atoms with Crippen molar-refractivity contribution < 1.29 is 9.53 Å². The number of aryl methyl sites for hydroxylation is 1. The monoisotopic (exact) mass is 308 g/mol. The van der Waals surface area contributed by atoms with Gasteiger partial charge >= 0.3 is 0 Å². The highest BCUT2D eigenvalue weighted by Crippen LogP contribution is 2.22. The summed E-state index contributed by atoms with van der Waals surface area (Å²) >= 11 is 0. The molecular formula is C16H28N4O2. The van der Waals surface area contributed by atoms with Crippen molar-refractivity contribution in [1.29, 1.82) is 0 Å². The van der Waals surface area contributed by atoms with Crippen molar-refractivity contribution in [3.8, 4) is 0 Å². The molecule has 1 aliphatic heterocycles. The number of piperazine rings is 1. The van der Waals surface area contributed by atoms with Crippen LogP contribution in [0.2, 0.25) is 0 Å². The lowest BCUT2D eigenvalue weighted by Gasteiger charge is -2.39. The number of imidazole rings is 1. The van der Waals surface area contributed by atoms with Crippen LogP contribution < -0.4 is 0 Å². The van der Waals surface area contributed by atoms with Gasteiger partial charge < -0.3 is 14.2 Å². The number of amides is 1. The third kappa shape index (κ3) is 4.30. The molecular weight excluding hydrogens is 280 g/mol. The summed E-state index contributed by atoms with van der Waals surface area (Å²) in [5.74, 6) is 1.24. The Bertz CT molecular complexity index is 486. The number of nitrogens with zero attached hydrogens (tertiary/aromatic N) is 4. The smallest absolute Gasteiger partial charge is 0.222 e. The van der Waals surface area contributed by atoms with Crippen molar-refractivity contribution in [3.63, 3.8) is 0 Å². The highest BCUT2D eigenvalue weighted by molar-refractivity contribution is 5.76. The largest absolute Gasteiger partial charge is 0.379 e. The van der Waals surface area contributed by atoms with E-state index in [1.807, 2.05) is 42.8 Å². The summed E-state index contributed by atoms with van der Waals surface area (Å²) in [5.41, 5.74) is 0. The summed E-state index contributed by atoms with van der Waals surface area (Å²) in [7, 11) is 4.10. The molecule has 124 valence electrons. The van der Waals surface area contributed by atoms with Crippen LogP contribution in [0.25, 0.3) is 0 Å². The first-order chi connectivity index (χ1) is 10.5. The second kappa shape index (κ2) is 7.74. The SMILES string of the molecule is CC(C)OCCCC(=O)N1CCN(C)[C@@H](c2nccn2C)C1. The standard InChI is InChI=1S/C16H28N4O2/c1-13(2)22-11-5-6-15(21)20-10-9-18(3)14(12-20)16-17-7-8-19(16)4/h7-8,13-14H,5-6,9-12H2,1-4H3/t14-/m1/s1. The van der Waals surface area contributed by atoms with Crippen molar-refractivity contribution in [3.05, 3.63) is 18.2 Å². The average Bonchev–Trinajstić information content (AvgIpc) is 2.89. The number of hydrogen-bond donors (Lipinski definition) is 0. The lowest BCUT2D eigenvalue weighted by atomic mass is 10.1. The molecule has 1 atom stereocenters. The maximum atomic E-state index is 12.4. The number of aromatic nitrogens is 2. The van der Waals surface area contributed by atoms with Gasteiger partial charge in [-0.15, -0.1) is 0 Å². The third-order valence-corrected chi connectivity index (χ3v) is 4.14. The molecule has 0 spiro atoms. The fourth-order valence-electron chi connectivity index (χ4n) is 2.78. The second-order valence-corrected chi connectivity index (χ2v) is 6.26. The van der Waals surface area contributed by atoms with Crippen LogP contribution in [0, 0.1) is 0 Å². The van der Waals surface area contributed by atoms with E-state index in [-0.39, 0.29) is 18.1 Å². The van der Waals surface area contributed by atoms with Crippen LogP contribution in [0.3, 0.4) is 0 Å². The number of likely N-dealkylation sites (N-methyl/N-ethyl adjacent to an activating group) is 1. The predicted molar refractivity (Wildman–Crippen MR) is 85.5 cm³/mol. The first-order valence-corrected chi connectivity index (χ1v) is 8.06. The van der Waals surface area contributed by atoms with Gasteiger partial charge in [-0.05, 0) is 27.3 Å². The van der Waals surface area contributed by atoms with Gasteiger partial charge in [-0.2, -0.15) is 0 Å². The normalized spacial score (nSPS) is 19.9. The summed E-state index contributed by atoms with van der Waals surface area (Å²) in [4.78, 5) is 21.1. The number of rotatable bonds is 6. The third-order valence-electron chi connectivity index (χ3n) is 4.14. The van der Waals surface area contributed by atoms with E-state index in [1.165, 1.54) is 0 Å². The molecule has 6 heteroatoms. The minimum absolute atomic E-state index is 0.171. The molecule has 1 aliphatic rings. The molecule has 1 saturated heterocycles. The second-order valence-electron chi connectivity index (χ2n) is 6.26. The van der Waals surface area contributed by atoms with Gasteiger partial charge in [0.15, 0.2) is 0 Å². The number of hydrogen-bond acceptors (Lipinski definition) is 4. The molecule has 0 unspecified atom stereocenters. The molecule has 0 saturated carbocycles. The molecule has 2 heterocycles. The van der Waals surface area contributed by atoms with E-state index in [2.05, 4.69) is 16.9 Å². The van der Waals surface area contributed by atoms with Gasteiger partial charge in [0.25, 0.3) is 0 Å². The van der Waals surface area contributed by atoms with Gasteiger partial charge in [0, 0.05) is 52.1 Å². The zero-order chi connectivity index (χ0) is 16.1. The number of ether oxygens (including phenoxy) is 1. The van der Waals surface area contributed by atoms with E-state index >= 15 is 0 Å². The fourth-order valence-corrected chi connectivity index (χ4v) is 2.78. The van der Waals surface area contributed by atoms with Gasteiger partial charge in [-0.3, -0.25) is 9.69 Å². The minimum atomic E-state index is 0.171. The van der Waals surface area contributed by atoms with Crippen molar-refractivity contribution in [2.45, 2.75) is 38.8 Å². The molecule has 1 fully saturated rings. The Labute approximate surface area is 133 Å². The maximum Gasteiger partial charge on any atom is 0.222 e. The lowest BCUT2D eigenvalue weighted by molar-refractivity contribution is -0.134. The summed E-state index contributed by atoms with van der Waals surface area (Å²) in [5, 5.41) is 0. The van der Waals surface area contributed by atoms with Crippen LogP contribution in [-0.2, 0) is 16.6 Å². The fraction of sp³-hybridized carbons (Fsp3) is 0.750. The van der Waals surface area contributed by atoms with E-state index in [0.29, 0.717) is 19.6 Å². The summed E-state index contributed by atoms with van der Waals surface area (Å²) in [6, 6.07) is 0.171. The van der Waals surface area contributed by atoms with Gasteiger partial charge in [-0.1, -0.05) is 0 Å². The highest BCUT2D eigenvalue weighted by Gasteiger charge is 2.30. The molecule has 0 aromatic carbocycles. The Morgan fingerprint density at radius 1 is 1.41 bits per heavy atom. The minimum Gasteiger partial charge on any atom is -0.379 e. The number of carbonyl (C=O) groups excluding carboxylic acids is 1. The Kier molecular flexibility index (Phi) is 5.97. The van der Waals surface area contributed by atoms with E-state index in [9.17, 15) is 4.79 Å². The summed E-state index contributed by atoms with van der Waals surface area (Å²) < 4.78 is 7.53. The van der Waals surface area contributed by atoms with Gasteiger partial charge in [-0.25, -0.2) is 4.98 Å². The molecule has 6 nitrogen and oxygen atoms in total. The molecule has 1 amide bonds. The van der Waals surface area contributed by atoms with E-state index in [0.717, 1.165) is 25.3 Å².